The van der Waals surface area contributed by atoms with Gasteiger partial charge < -0.3 is 23.7 Å². The fourth-order valence-electron chi connectivity index (χ4n) is 5.42. The number of nitrogens with zero attached hydrogens (tertiary/aromatic N) is 4. The van der Waals surface area contributed by atoms with Gasteiger partial charge in [-0.25, -0.2) is 14.8 Å². The van der Waals surface area contributed by atoms with E-state index in [2.05, 4.69) is 4.98 Å². The summed E-state index contributed by atoms with van der Waals surface area (Å²) in [5.74, 6) is -1.64. The van der Waals surface area contributed by atoms with Gasteiger partial charge in [-0.15, -0.1) is 0 Å². The van der Waals surface area contributed by atoms with Crippen LogP contribution in [-0.2, 0) is 44.9 Å². The smallest absolute Gasteiger partial charge is 0.351 e. The van der Waals surface area contributed by atoms with Crippen molar-refractivity contribution < 1.29 is 24.2 Å². The number of para-hydroxylation sites is 1. The number of esters is 2. The lowest BCUT2D eigenvalue weighted by molar-refractivity contribution is -0.186. The number of aromatic nitrogens is 4. The Hall–Kier alpha value is -4.31. The number of pyridine rings is 2. The minimum Gasteiger partial charge on any atom is -0.458 e. The number of fused-ring (bicyclic) bond motifs is 5. The lowest BCUT2D eigenvalue weighted by Gasteiger charge is -2.32. The topological polar surface area (TPSA) is 126 Å². The van der Waals surface area contributed by atoms with Crippen molar-refractivity contribution in [3.63, 3.8) is 0 Å². The Kier molecular flexibility index (Phi) is 5.06. The zero-order valence-electron chi connectivity index (χ0n) is 20.5. The quantitative estimate of drug-likeness (QED) is 0.375. The summed E-state index contributed by atoms with van der Waals surface area (Å²) in [6.45, 7) is 2.71. The SMILES string of the molecule is CC[C@]1(O)c2cc3n(c(=O)c2COC(=O)[C@H]1OC(C)=O)Cc1c-3nc2ccccc2c1-c1cn(C)cn1. The molecule has 2 aliphatic rings. The van der Waals surface area contributed by atoms with Crippen molar-refractivity contribution in [2.45, 2.75) is 45.1 Å². The summed E-state index contributed by atoms with van der Waals surface area (Å²) >= 11 is 0. The molecule has 1 N–H and O–H groups in total. The van der Waals surface area contributed by atoms with Crippen LogP contribution in [0.4, 0.5) is 0 Å². The first-order valence-electron chi connectivity index (χ1n) is 12.0. The molecule has 2 atom stereocenters. The zero-order valence-corrected chi connectivity index (χ0v) is 20.5. The number of benzene rings is 1. The summed E-state index contributed by atoms with van der Waals surface area (Å²) in [7, 11) is 1.89. The van der Waals surface area contributed by atoms with E-state index in [9.17, 15) is 19.5 Å². The molecule has 6 rings (SSSR count). The maximum atomic E-state index is 13.8. The van der Waals surface area contributed by atoms with Crippen LogP contribution in [0.1, 0.15) is 37.0 Å². The van der Waals surface area contributed by atoms with Crippen molar-refractivity contribution in [3.8, 4) is 22.6 Å². The number of cyclic esters (lactones) is 1. The van der Waals surface area contributed by atoms with E-state index in [1.165, 1.54) is 0 Å². The highest BCUT2D eigenvalue weighted by atomic mass is 16.6. The number of carbonyl (C=O) groups excluding carboxylic acids is 2. The van der Waals surface area contributed by atoms with E-state index in [1.807, 2.05) is 42.1 Å². The number of carbonyl (C=O) groups is 2. The minimum absolute atomic E-state index is 0.00707. The third kappa shape index (κ3) is 3.32. The van der Waals surface area contributed by atoms with E-state index in [1.54, 1.807) is 23.9 Å². The molecule has 0 fully saturated rings. The molecule has 37 heavy (non-hydrogen) atoms. The van der Waals surface area contributed by atoms with Gasteiger partial charge in [-0.3, -0.25) is 9.59 Å². The van der Waals surface area contributed by atoms with Crippen LogP contribution in [0.15, 0.2) is 47.7 Å². The van der Waals surface area contributed by atoms with Gasteiger partial charge in [0.25, 0.3) is 5.56 Å². The lowest BCUT2D eigenvalue weighted by atomic mass is 9.83. The molecule has 10 nitrogen and oxygen atoms in total. The maximum Gasteiger partial charge on any atom is 0.351 e. The van der Waals surface area contributed by atoms with Gasteiger partial charge in [0.2, 0.25) is 6.10 Å². The molecular formula is C27H24N4O6. The van der Waals surface area contributed by atoms with Crippen LogP contribution in [-0.4, -0.2) is 42.3 Å². The summed E-state index contributed by atoms with van der Waals surface area (Å²) in [4.78, 5) is 47.8. The Bertz CT molecular complexity index is 1690. The van der Waals surface area contributed by atoms with Crippen LogP contribution in [0.3, 0.4) is 0 Å². The molecule has 188 valence electrons. The fraction of sp³-hybridized carbons (Fsp3) is 0.296. The standard InChI is InChI=1S/C27H24N4O6/c1-4-27(35)18-9-21-23-16(10-31(21)25(33)17(18)12-36-26(34)24(27)37-14(2)32)22(20-11-30(3)13-28-20)15-7-5-6-8-19(15)29-23/h5-9,11,13,24,35H,4,10,12H2,1-3H3/t24-,27+/m1/s1. The molecule has 3 aromatic heterocycles. The highest BCUT2D eigenvalue weighted by Gasteiger charge is 2.50. The summed E-state index contributed by atoms with van der Waals surface area (Å²) < 4.78 is 14.0. The molecule has 5 heterocycles. The molecule has 0 saturated heterocycles. The molecule has 0 unspecified atom stereocenters. The molecule has 0 aliphatic carbocycles. The monoisotopic (exact) mass is 500 g/mol. The van der Waals surface area contributed by atoms with Crippen LogP contribution in [0, 0.1) is 0 Å². The normalized spacial score (nSPS) is 20.1. The minimum atomic E-state index is -1.95. The highest BCUT2D eigenvalue weighted by Crippen LogP contribution is 2.43. The Morgan fingerprint density at radius 2 is 2.05 bits per heavy atom. The summed E-state index contributed by atoms with van der Waals surface area (Å²) in [6, 6.07) is 9.38. The summed E-state index contributed by atoms with van der Waals surface area (Å²) in [5, 5.41) is 12.7. The molecular weight excluding hydrogens is 476 g/mol. The van der Waals surface area contributed by atoms with E-state index in [0.29, 0.717) is 11.4 Å². The number of ether oxygens (including phenoxy) is 2. The van der Waals surface area contributed by atoms with Crippen molar-refractivity contribution in [3.05, 3.63) is 69.9 Å². The Morgan fingerprint density at radius 3 is 2.76 bits per heavy atom. The molecule has 1 aromatic carbocycles. The number of rotatable bonds is 3. The van der Waals surface area contributed by atoms with Crippen LogP contribution >= 0.6 is 0 Å². The fourth-order valence-corrected chi connectivity index (χ4v) is 5.42. The van der Waals surface area contributed by atoms with Crippen molar-refractivity contribution in [2.75, 3.05) is 0 Å². The third-order valence-electron chi connectivity index (χ3n) is 7.21. The first-order chi connectivity index (χ1) is 17.7. The second-order valence-electron chi connectivity index (χ2n) is 9.44. The average Bonchev–Trinajstić information content (AvgIpc) is 3.45. The predicted octanol–water partition coefficient (Wildman–Crippen LogP) is 2.41. The molecule has 0 bridgehead atoms. The largest absolute Gasteiger partial charge is 0.458 e. The van der Waals surface area contributed by atoms with Crippen molar-refractivity contribution >= 4 is 22.8 Å². The molecule has 2 aliphatic heterocycles. The van der Waals surface area contributed by atoms with Gasteiger partial charge >= 0.3 is 11.9 Å². The summed E-state index contributed by atoms with van der Waals surface area (Å²) in [6.07, 6.45) is 2.04. The Morgan fingerprint density at radius 1 is 1.27 bits per heavy atom. The molecule has 0 spiro atoms. The van der Waals surface area contributed by atoms with Gasteiger partial charge in [0.1, 0.15) is 12.2 Å². The Balaban J connectivity index is 1.64. The molecule has 4 aromatic rings. The van der Waals surface area contributed by atoms with Crippen molar-refractivity contribution in [1.82, 2.24) is 19.1 Å². The van der Waals surface area contributed by atoms with E-state index in [-0.39, 0.29) is 30.7 Å². The van der Waals surface area contributed by atoms with E-state index < -0.39 is 29.2 Å². The molecule has 0 radical (unpaired) electrons. The number of aryl methyl sites for hydroxylation is 1. The first kappa shape index (κ1) is 23.1. The Labute approximate surface area is 211 Å². The third-order valence-corrected chi connectivity index (χ3v) is 7.21. The molecule has 10 heteroatoms. The molecule has 0 saturated carbocycles. The van der Waals surface area contributed by atoms with Crippen molar-refractivity contribution in [1.29, 1.82) is 0 Å². The average molecular weight is 501 g/mol. The van der Waals surface area contributed by atoms with E-state index in [4.69, 9.17) is 14.5 Å². The van der Waals surface area contributed by atoms with Crippen LogP contribution in [0.25, 0.3) is 33.5 Å². The number of aliphatic hydroxyl groups is 1. The van der Waals surface area contributed by atoms with Gasteiger partial charge in [0, 0.05) is 42.2 Å². The van der Waals surface area contributed by atoms with Gasteiger partial charge in [-0.2, -0.15) is 0 Å². The van der Waals surface area contributed by atoms with E-state index >= 15 is 0 Å². The van der Waals surface area contributed by atoms with Gasteiger partial charge in [0.15, 0.2) is 0 Å². The number of imidazole rings is 1. The number of hydrogen-bond donors (Lipinski definition) is 1. The molecule has 0 amide bonds. The lowest BCUT2D eigenvalue weighted by Crippen LogP contribution is -2.47. The van der Waals surface area contributed by atoms with Crippen molar-refractivity contribution in [2.24, 2.45) is 7.05 Å². The van der Waals surface area contributed by atoms with Crippen LogP contribution < -0.4 is 5.56 Å². The summed E-state index contributed by atoms with van der Waals surface area (Å²) in [5.41, 5.74) is 2.31. The second-order valence-corrected chi connectivity index (χ2v) is 9.44. The van der Waals surface area contributed by atoms with Gasteiger partial charge in [-0.05, 0) is 18.6 Å². The second kappa shape index (κ2) is 8.10. The predicted molar refractivity (Wildman–Crippen MR) is 132 cm³/mol. The van der Waals surface area contributed by atoms with Gasteiger partial charge in [-0.1, -0.05) is 25.1 Å². The van der Waals surface area contributed by atoms with Crippen LogP contribution in [0.5, 0.6) is 0 Å². The highest BCUT2D eigenvalue weighted by molar-refractivity contribution is 5.98. The number of hydrogen-bond acceptors (Lipinski definition) is 8. The first-order valence-corrected chi connectivity index (χ1v) is 12.0. The zero-order chi connectivity index (χ0) is 26.1. The van der Waals surface area contributed by atoms with Gasteiger partial charge in [0.05, 0.1) is 41.0 Å². The van der Waals surface area contributed by atoms with E-state index in [0.717, 1.165) is 34.6 Å². The maximum absolute atomic E-state index is 13.8. The van der Waals surface area contributed by atoms with Crippen LogP contribution in [0.2, 0.25) is 0 Å².